The van der Waals surface area contributed by atoms with E-state index in [9.17, 15) is 4.79 Å². The summed E-state index contributed by atoms with van der Waals surface area (Å²) < 4.78 is 3.05. The standard InChI is InChI=1S/C22H29N5OS/c1-5-15(3)23-21(28)17-7-6-12-26(13-17)22-24-20-19(29-22)16(4)25-27(20)18-10-8-14(2)9-11-18/h8-11,15,17H,5-7,12-13H2,1-4H3,(H,23,28)/t15-,17+/m1/s1. The highest BCUT2D eigenvalue weighted by Gasteiger charge is 2.28. The van der Waals surface area contributed by atoms with Crippen LogP contribution >= 0.6 is 11.3 Å². The van der Waals surface area contributed by atoms with Crippen molar-refractivity contribution in [2.45, 2.75) is 53.0 Å². The van der Waals surface area contributed by atoms with Gasteiger partial charge in [-0.2, -0.15) is 10.1 Å². The number of aromatic nitrogens is 3. The normalized spacial score (nSPS) is 18.2. The van der Waals surface area contributed by atoms with Crippen molar-refractivity contribution in [2.75, 3.05) is 18.0 Å². The van der Waals surface area contributed by atoms with Crippen molar-refractivity contribution >= 4 is 32.7 Å². The molecule has 0 aliphatic carbocycles. The minimum Gasteiger partial charge on any atom is -0.353 e. The molecule has 1 saturated heterocycles. The molecule has 1 amide bonds. The molecule has 2 atom stereocenters. The number of benzene rings is 1. The molecule has 0 spiro atoms. The number of hydrogen-bond acceptors (Lipinski definition) is 5. The zero-order chi connectivity index (χ0) is 20.5. The maximum Gasteiger partial charge on any atom is 0.225 e. The summed E-state index contributed by atoms with van der Waals surface area (Å²) in [6.45, 7) is 9.95. The number of rotatable bonds is 5. The molecule has 3 heterocycles. The fourth-order valence-electron chi connectivity index (χ4n) is 3.75. The second kappa shape index (κ2) is 8.14. The van der Waals surface area contributed by atoms with E-state index in [1.54, 1.807) is 11.3 Å². The molecular weight excluding hydrogens is 382 g/mol. The Bertz CT molecular complexity index is 1010. The van der Waals surface area contributed by atoms with Gasteiger partial charge >= 0.3 is 0 Å². The van der Waals surface area contributed by atoms with Gasteiger partial charge in [-0.1, -0.05) is 36.0 Å². The summed E-state index contributed by atoms with van der Waals surface area (Å²) in [5.74, 6) is 0.201. The van der Waals surface area contributed by atoms with Crippen LogP contribution in [0.25, 0.3) is 16.0 Å². The third-order valence-electron chi connectivity index (χ3n) is 5.72. The van der Waals surface area contributed by atoms with Crippen LogP contribution in [0.5, 0.6) is 0 Å². The van der Waals surface area contributed by atoms with E-state index in [4.69, 9.17) is 10.1 Å². The Kier molecular flexibility index (Phi) is 5.58. The molecule has 3 aromatic rings. The fraction of sp³-hybridized carbons (Fsp3) is 0.500. The van der Waals surface area contributed by atoms with E-state index in [1.807, 2.05) is 11.6 Å². The molecule has 1 fully saturated rings. The summed E-state index contributed by atoms with van der Waals surface area (Å²) in [5.41, 5.74) is 4.14. The van der Waals surface area contributed by atoms with Crippen molar-refractivity contribution in [2.24, 2.45) is 5.92 Å². The van der Waals surface area contributed by atoms with Gasteiger partial charge in [-0.15, -0.1) is 0 Å². The highest BCUT2D eigenvalue weighted by atomic mass is 32.1. The number of anilines is 1. The average molecular weight is 412 g/mol. The fourth-order valence-corrected chi connectivity index (χ4v) is 4.77. The molecule has 1 aromatic carbocycles. The number of fused-ring (bicyclic) bond motifs is 1. The summed E-state index contributed by atoms with van der Waals surface area (Å²) in [6, 6.07) is 8.57. The van der Waals surface area contributed by atoms with E-state index >= 15 is 0 Å². The van der Waals surface area contributed by atoms with E-state index in [-0.39, 0.29) is 17.9 Å². The predicted molar refractivity (Wildman–Crippen MR) is 119 cm³/mol. The Balaban J connectivity index is 1.59. The van der Waals surface area contributed by atoms with Crippen LogP contribution in [0.3, 0.4) is 0 Å². The second-order valence-electron chi connectivity index (χ2n) is 8.08. The SMILES string of the molecule is CC[C@@H](C)NC(=O)[C@H]1CCCN(c2nc3c(s2)c(C)nn3-c2ccc(C)cc2)C1. The summed E-state index contributed by atoms with van der Waals surface area (Å²) in [4.78, 5) is 19.8. The predicted octanol–water partition coefficient (Wildman–Crippen LogP) is 4.23. The van der Waals surface area contributed by atoms with Crippen LogP contribution < -0.4 is 10.2 Å². The lowest BCUT2D eigenvalue weighted by atomic mass is 9.97. The van der Waals surface area contributed by atoms with Crippen molar-refractivity contribution < 1.29 is 4.79 Å². The van der Waals surface area contributed by atoms with Gasteiger partial charge in [0.05, 0.1) is 22.0 Å². The number of piperidine rings is 1. The van der Waals surface area contributed by atoms with Crippen molar-refractivity contribution in [1.82, 2.24) is 20.1 Å². The molecule has 6 nitrogen and oxygen atoms in total. The van der Waals surface area contributed by atoms with Gasteiger partial charge in [-0.25, -0.2) is 4.68 Å². The molecule has 4 rings (SSSR count). The summed E-state index contributed by atoms with van der Waals surface area (Å²) in [5, 5.41) is 8.83. The van der Waals surface area contributed by atoms with Crippen LogP contribution in [-0.4, -0.2) is 39.8 Å². The monoisotopic (exact) mass is 411 g/mol. The molecule has 154 valence electrons. The second-order valence-corrected chi connectivity index (χ2v) is 9.06. The van der Waals surface area contributed by atoms with Crippen molar-refractivity contribution in [3.63, 3.8) is 0 Å². The average Bonchev–Trinajstić information content (AvgIpc) is 3.29. The molecule has 0 bridgehead atoms. The first-order valence-corrected chi connectivity index (χ1v) is 11.3. The van der Waals surface area contributed by atoms with Gasteiger partial charge in [0.2, 0.25) is 5.91 Å². The molecule has 29 heavy (non-hydrogen) atoms. The van der Waals surface area contributed by atoms with Crippen LogP contribution in [0, 0.1) is 19.8 Å². The molecule has 1 aliphatic rings. The largest absolute Gasteiger partial charge is 0.353 e. The Morgan fingerprint density at radius 2 is 2.07 bits per heavy atom. The van der Waals surface area contributed by atoms with Crippen molar-refractivity contribution in [1.29, 1.82) is 0 Å². The van der Waals surface area contributed by atoms with Crippen molar-refractivity contribution in [3.05, 3.63) is 35.5 Å². The van der Waals surface area contributed by atoms with Crippen LogP contribution in [-0.2, 0) is 4.79 Å². The number of carbonyl (C=O) groups excluding carboxylic acids is 1. The Labute approximate surface area is 175 Å². The zero-order valence-electron chi connectivity index (χ0n) is 17.6. The molecule has 0 saturated carbocycles. The maximum absolute atomic E-state index is 12.6. The number of amides is 1. The van der Waals surface area contributed by atoms with E-state index in [0.717, 1.165) is 59.2 Å². The Hall–Kier alpha value is -2.41. The Morgan fingerprint density at radius 3 is 2.79 bits per heavy atom. The molecule has 1 N–H and O–H groups in total. The first kappa shape index (κ1) is 19.9. The topological polar surface area (TPSA) is 63.1 Å². The molecule has 0 unspecified atom stereocenters. The molecule has 2 aromatic heterocycles. The maximum atomic E-state index is 12.6. The third kappa shape index (κ3) is 4.01. The molecule has 7 heteroatoms. The Morgan fingerprint density at radius 1 is 1.31 bits per heavy atom. The summed E-state index contributed by atoms with van der Waals surface area (Å²) >= 11 is 1.68. The lowest BCUT2D eigenvalue weighted by Gasteiger charge is -2.32. The van der Waals surface area contributed by atoms with Gasteiger partial charge in [0.25, 0.3) is 0 Å². The van der Waals surface area contributed by atoms with Crippen LogP contribution in [0.1, 0.15) is 44.4 Å². The highest BCUT2D eigenvalue weighted by molar-refractivity contribution is 7.22. The minimum absolute atomic E-state index is 0.0273. The van der Waals surface area contributed by atoms with Gasteiger partial charge in [0, 0.05) is 19.1 Å². The molecular formula is C22H29N5OS. The lowest BCUT2D eigenvalue weighted by Crippen LogP contribution is -2.45. The van der Waals surface area contributed by atoms with Gasteiger partial charge in [0.1, 0.15) is 0 Å². The number of hydrogen-bond donors (Lipinski definition) is 1. The van der Waals surface area contributed by atoms with Gasteiger partial charge in [0.15, 0.2) is 10.8 Å². The quantitative estimate of drug-likeness (QED) is 0.682. The highest BCUT2D eigenvalue weighted by Crippen LogP contribution is 2.34. The molecule has 1 aliphatic heterocycles. The van der Waals surface area contributed by atoms with E-state index < -0.39 is 0 Å². The van der Waals surface area contributed by atoms with E-state index in [0.29, 0.717) is 0 Å². The zero-order valence-corrected chi connectivity index (χ0v) is 18.4. The van der Waals surface area contributed by atoms with Gasteiger partial charge < -0.3 is 10.2 Å². The molecule has 0 radical (unpaired) electrons. The minimum atomic E-state index is 0.0273. The number of aryl methyl sites for hydroxylation is 2. The number of nitrogens with one attached hydrogen (secondary N) is 1. The summed E-state index contributed by atoms with van der Waals surface area (Å²) in [6.07, 6.45) is 2.91. The van der Waals surface area contributed by atoms with Gasteiger partial charge in [-0.05, 0) is 52.2 Å². The van der Waals surface area contributed by atoms with Crippen LogP contribution in [0.4, 0.5) is 5.13 Å². The van der Waals surface area contributed by atoms with Gasteiger partial charge in [-0.3, -0.25) is 4.79 Å². The van der Waals surface area contributed by atoms with E-state index in [2.05, 4.69) is 55.3 Å². The van der Waals surface area contributed by atoms with E-state index in [1.165, 1.54) is 5.56 Å². The number of thiazole rings is 1. The van der Waals surface area contributed by atoms with Crippen molar-refractivity contribution in [3.8, 4) is 5.69 Å². The number of nitrogens with zero attached hydrogens (tertiary/aromatic N) is 4. The number of carbonyl (C=O) groups is 1. The summed E-state index contributed by atoms with van der Waals surface area (Å²) in [7, 11) is 0. The lowest BCUT2D eigenvalue weighted by molar-refractivity contribution is -0.125. The first-order valence-electron chi connectivity index (χ1n) is 10.4. The first-order chi connectivity index (χ1) is 14.0. The third-order valence-corrected chi connectivity index (χ3v) is 6.93. The van der Waals surface area contributed by atoms with Crippen LogP contribution in [0.2, 0.25) is 0 Å². The van der Waals surface area contributed by atoms with Crippen LogP contribution in [0.15, 0.2) is 24.3 Å². The smallest absolute Gasteiger partial charge is 0.225 e.